The molecule has 5 aromatic carbocycles. The number of aromatic nitrogens is 2. The number of para-hydroxylation sites is 2. The zero-order valence-corrected chi connectivity index (χ0v) is 36.4. The molecule has 0 amide bonds. The summed E-state index contributed by atoms with van der Waals surface area (Å²) >= 11 is 0. The Morgan fingerprint density at radius 2 is 1.21 bits per heavy atom. The maximum atomic E-state index is 14.0. The molecule has 0 fully saturated rings. The van der Waals surface area contributed by atoms with Gasteiger partial charge in [0.1, 0.15) is 5.82 Å². The van der Waals surface area contributed by atoms with Crippen LogP contribution in [-0.2, 0) is 43.5 Å². The number of hydrogen-bond donors (Lipinski definition) is 0. The third kappa shape index (κ3) is 7.76. The predicted molar refractivity (Wildman–Crippen MR) is 225 cm³/mol. The maximum Gasteiger partial charge on any atom is 0.416 e. The topological polar surface area (TPSA) is 33.5 Å². The SMILES string of the molecule is CC(C)(C)c1cc(N2[CH-]N(c3[c-]c(Oc4[c-]c5c(cc4)c4ccc(C(F)(F)F)cc4n5-c4cc(C(C)(C)C)ccn4)ccc3)c3ccccc32)cc(C(C)(C)C)c1.[Pt]. The molecule has 0 atom stereocenters. The van der Waals surface area contributed by atoms with E-state index in [4.69, 9.17) is 4.74 Å². The average molecular weight is 959 g/mol. The molecular formula is C49H46F3N4OPt-3. The van der Waals surface area contributed by atoms with E-state index in [1.54, 1.807) is 16.8 Å². The van der Waals surface area contributed by atoms with Gasteiger partial charge in [-0.1, -0.05) is 98.2 Å². The first-order valence-corrected chi connectivity index (χ1v) is 19.2. The van der Waals surface area contributed by atoms with Crippen molar-refractivity contribution in [3.63, 3.8) is 0 Å². The monoisotopic (exact) mass is 958 g/mol. The van der Waals surface area contributed by atoms with Crippen LogP contribution in [0.15, 0.2) is 109 Å². The van der Waals surface area contributed by atoms with Crippen LogP contribution in [-0.4, -0.2) is 9.55 Å². The minimum absolute atomic E-state index is 0. The van der Waals surface area contributed by atoms with Crippen molar-refractivity contribution in [1.29, 1.82) is 0 Å². The molecule has 1 aliphatic rings. The van der Waals surface area contributed by atoms with Gasteiger partial charge in [-0.15, -0.1) is 48.1 Å². The second-order valence-electron chi connectivity index (χ2n) is 17.9. The standard InChI is InChI=1S/C49H46F3N4O.Pt/c1-46(2,3)31-21-22-53-45(27-31)56-43-26-32(49(50,51)52)17-19-39(43)40-20-18-38(29-44(40)56)57-37-14-12-13-35(28-37)54-30-55(42-16-11-10-15-41(42)54)36-24-33(47(4,5)6)23-34(25-36)48(7,8)9;/h10-27,30H,1-9H3;/q-3;. The van der Waals surface area contributed by atoms with Gasteiger partial charge in [0.05, 0.1) is 5.56 Å². The van der Waals surface area contributed by atoms with E-state index in [-0.39, 0.29) is 37.3 Å². The van der Waals surface area contributed by atoms with Gasteiger partial charge in [-0.05, 0) is 80.8 Å². The molecule has 0 N–H and O–H groups in total. The van der Waals surface area contributed by atoms with Crippen molar-refractivity contribution in [3.8, 4) is 17.3 Å². The van der Waals surface area contributed by atoms with E-state index in [9.17, 15) is 13.2 Å². The molecule has 58 heavy (non-hydrogen) atoms. The van der Waals surface area contributed by atoms with Crippen LogP contribution in [0, 0.1) is 18.8 Å². The maximum absolute atomic E-state index is 14.0. The smallest absolute Gasteiger partial charge is 0.416 e. The number of rotatable bonds is 5. The Morgan fingerprint density at radius 1 is 0.586 bits per heavy atom. The molecule has 0 saturated carbocycles. The molecule has 0 saturated heterocycles. The molecular weight excluding hydrogens is 913 g/mol. The summed E-state index contributed by atoms with van der Waals surface area (Å²) in [5.74, 6) is 1.36. The van der Waals surface area contributed by atoms with Gasteiger partial charge in [0.2, 0.25) is 0 Å². The number of fused-ring (bicyclic) bond motifs is 4. The van der Waals surface area contributed by atoms with Crippen LogP contribution in [0.4, 0.5) is 35.9 Å². The van der Waals surface area contributed by atoms with Crippen LogP contribution in [0.2, 0.25) is 0 Å². The van der Waals surface area contributed by atoms with Crippen molar-refractivity contribution in [1.82, 2.24) is 9.55 Å². The Balaban J connectivity index is 0.00000512. The van der Waals surface area contributed by atoms with Crippen LogP contribution >= 0.6 is 0 Å². The summed E-state index contributed by atoms with van der Waals surface area (Å²) in [5, 5.41) is 1.40. The summed E-state index contributed by atoms with van der Waals surface area (Å²) in [6.07, 6.45) is -2.81. The van der Waals surface area contributed by atoms with Crippen LogP contribution in [0.3, 0.4) is 0 Å². The van der Waals surface area contributed by atoms with Gasteiger partial charge in [0.25, 0.3) is 0 Å². The zero-order valence-electron chi connectivity index (χ0n) is 34.1. The molecule has 0 aliphatic carbocycles. The van der Waals surface area contributed by atoms with Crippen molar-refractivity contribution in [3.05, 3.63) is 150 Å². The molecule has 0 bridgehead atoms. The Morgan fingerprint density at radius 3 is 1.84 bits per heavy atom. The first kappa shape index (κ1) is 41.1. The van der Waals surface area contributed by atoms with E-state index >= 15 is 0 Å². The van der Waals surface area contributed by atoms with Crippen LogP contribution < -0.4 is 14.5 Å². The number of anilines is 4. The molecule has 0 radical (unpaired) electrons. The van der Waals surface area contributed by atoms with E-state index in [0.29, 0.717) is 33.7 Å². The summed E-state index contributed by atoms with van der Waals surface area (Å²) in [6, 6.07) is 39.1. The molecule has 3 heterocycles. The van der Waals surface area contributed by atoms with E-state index in [2.05, 4.69) is 132 Å². The number of pyridine rings is 1. The zero-order chi connectivity index (χ0) is 40.7. The Hall–Kier alpha value is -5.07. The van der Waals surface area contributed by atoms with Gasteiger partial charge in [-0.25, -0.2) is 4.98 Å². The summed E-state index contributed by atoms with van der Waals surface area (Å²) in [6.45, 7) is 21.8. The fraction of sp³-hybridized carbons (Fsp3) is 0.265. The van der Waals surface area contributed by atoms with Crippen LogP contribution in [0.25, 0.3) is 27.6 Å². The van der Waals surface area contributed by atoms with E-state index < -0.39 is 11.7 Å². The molecule has 0 unspecified atom stereocenters. The Labute approximate surface area is 353 Å². The van der Waals surface area contributed by atoms with Gasteiger partial charge >= 0.3 is 6.18 Å². The van der Waals surface area contributed by atoms with Crippen molar-refractivity contribution < 1.29 is 39.0 Å². The number of alkyl halides is 3. The molecule has 5 nitrogen and oxygen atoms in total. The molecule has 302 valence electrons. The minimum Gasteiger partial charge on any atom is -0.509 e. The van der Waals surface area contributed by atoms with Crippen LogP contribution in [0.1, 0.15) is 84.6 Å². The molecule has 7 aromatic rings. The van der Waals surface area contributed by atoms with Crippen LogP contribution in [0.5, 0.6) is 11.5 Å². The number of halogens is 3. The van der Waals surface area contributed by atoms with E-state index in [1.165, 1.54) is 23.3 Å². The van der Waals surface area contributed by atoms with Crippen molar-refractivity contribution in [2.24, 2.45) is 0 Å². The molecule has 8 rings (SSSR count). The molecule has 0 spiro atoms. The fourth-order valence-corrected chi connectivity index (χ4v) is 7.28. The second kappa shape index (κ2) is 14.6. The first-order chi connectivity index (χ1) is 26.8. The molecule has 1 aliphatic heterocycles. The summed E-state index contributed by atoms with van der Waals surface area (Å²) in [5.41, 5.74) is 7.37. The normalized spacial score (nSPS) is 13.6. The predicted octanol–water partition coefficient (Wildman–Crippen LogP) is 13.9. The van der Waals surface area contributed by atoms with Gasteiger partial charge in [-0.2, -0.15) is 25.3 Å². The number of benzene rings is 5. The first-order valence-electron chi connectivity index (χ1n) is 19.2. The van der Waals surface area contributed by atoms with Gasteiger partial charge < -0.3 is 19.1 Å². The summed E-state index contributed by atoms with van der Waals surface area (Å²) in [7, 11) is 0. The van der Waals surface area contributed by atoms with Crippen molar-refractivity contribution >= 4 is 44.6 Å². The molecule has 2 aromatic heterocycles. The Bertz CT molecular complexity index is 2630. The van der Waals surface area contributed by atoms with E-state index in [1.807, 2.05) is 42.5 Å². The van der Waals surface area contributed by atoms with Gasteiger partial charge in [0.15, 0.2) is 0 Å². The average Bonchev–Trinajstić information content (AvgIpc) is 3.69. The van der Waals surface area contributed by atoms with Gasteiger partial charge in [0, 0.05) is 61.3 Å². The Kier molecular flexibility index (Phi) is 10.4. The minimum atomic E-state index is -4.51. The molecule has 9 heteroatoms. The van der Waals surface area contributed by atoms with E-state index in [0.717, 1.165) is 39.8 Å². The summed E-state index contributed by atoms with van der Waals surface area (Å²) < 4.78 is 50.3. The largest absolute Gasteiger partial charge is 0.509 e. The number of nitrogens with zero attached hydrogens (tertiary/aromatic N) is 4. The third-order valence-corrected chi connectivity index (χ3v) is 10.6. The van der Waals surface area contributed by atoms with Crippen molar-refractivity contribution in [2.45, 2.75) is 84.7 Å². The third-order valence-electron chi connectivity index (χ3n) is 10.6. The van der Waals surface area contributed by atoms with Gasteiger partial charge in [-0.3, -0.25) is 0 Å². The fourth-order valence-electron chi connectivity index (χ4n) is 7.28. The summed E-state index contributed by atoms with van der Waals surface area (Å²) in [4.78, 5) is 8.98. The number of hydrogen-bond acceptors (Lipinski definition) is 4. The number of ether oxygens (including phenoxy) is 1. The second-order valence-corrected chi connectivity index (χ2v) is 17.9. The van der Waals surface area contributed by atoms with Crippen molar-refractivity contribution in [2.75, 3.05) is 9.80 Å². The quantitative estimate of drug-likeness (QED) is 0.161.